The smallest absolute Gasteiger partial charge is 0.223 e. The van der Waals surface area contributed by atoms with Gasteiger partial charge in [-0.05, 0) is 68.9 Å². The zero-order chi connectivity index (χ0) is 23.5. The molecular weight excluding hydrogens is 412 g/mol. The van der Waals surface area contributed by atoms with Crippen molar-refractivity contribution in [2.45, 2.75) is 66.3 Å². The van der Waals surface area contributed by atoms with E-state index in [-0.39, 0.29) is 10.7 Å². The van der Waals surface area contributed by atoms with Crippen LogP contribution in [0.3, 0.4) is 0 Å². The van der Waals surface area contributed by atoms with Crippen molar-refractivity contribution in [3.05, 3.63) is 46.2 Å². The highest BCUT2D eigenvalue weighted by atomic mass is 32.2. The highest BCUT2D eigenvalue weighted by Gasteiger charge is 2.26. The summed E-state index contributed by atoms with van der Waals surface area (Å²) in [4.78, 5) is 13.8. The lowest BCUT2D eigenvalue weighted by Crippen LogP contribution is -2.14. The highest BCUT2D eigenvalue weighted by molar-refractivity contribution is 7.90. The van der Waals surface area contributed by atoms with Gasteiger partial charge in [0.25, 0.3) is 0 Å². The molecule has 0 saturated carbocycles. The summed E-state index contributed by atoms with van der Waals surface area (Å²) in [6, 6.07) is 3.13. The van der Waals surface area contributed by atoms with Crippen molar-refractivity contribution >= 4 is 21.2 Å². The van der Waals surface area contributed by atoms with Crippen LogP contribution in [0.2, 0.25) is 0 Å². The molecule has 0 bridgehead atoms. The summed E-state index contributed by atoms with van der Waals surface area (Å²) in [6.07, 6.45) is 3.60. The van der Waals surface area contributed by atoms with Gasteiger partial charge in [0, 0.05) is 18.4 Å². The molecular formula is C24H34N2O4S. The third kappa shape index (κ3) is 5.45. The predicted octanol–water partition coefficient (Wildman–Crippen LogP) is 5.08. The number of nitrogens with zero attached hydrogens (tertiary/aromatic N) is 2. The highest BCUT2D eigenvalue weighted by Crippen LogP contribution is 2.33. The van der Waals surface area contributed by atoms with Crippen molar-refractivity contribution in [1.82, 2.24) is 9.78 Å². The van der Waals surface area contributed by atoms with E-state index in [4.69, 9.17) is 4.74 Å². The molecule has 1 heterocycles. The molecule has 31 heavy (non-hydrogen) atoms. The summed E-state index contributed by atoms with van der Waals surface area (Å²) in [5.74, 6) is 0.546. The molecule has 1 aromatic carbocycles. The number of allylic oxidation sites excluding steroid dienone is 2. The largest absolute Gasteiger partial charge is 0.477 e. The second-order valence-corrected chi connectivity index (χ2v) is 10.6. The van der Waals surface area contributed by atoms with E-state index < -0.39 is 9.84 Å². The van der Waals surface area contributed by atoms with E-state index in [2.05, 4.69) is 5.10 Å². The average Bonchev–Trinajstić information content (AvgIpc) is 3.07. The molecule has 0 aliphatic heterocycles. The van der Waals surface area contributed by atoms with Crippen molar-refractivity contribution in [2.75, 3.05) is 12.9 Å². The molecule has 170 valence electrons. The minimum absolute atomic E-state index is 0.221. The Morgan fingerprint density at radius 2 is 1.81 bits per heavy atom. The molecule has 0 spiro atoms. The van der Waals surface area contributed by atoms with E-state index in [1.807, 2.05) is 41.5 Å². The van der Waals surface area contributed by atoms with Crippen LogP contribution < -0.4 is 4.74 Å². The topological polar surface area (TPSA) is 78.3 Å². The third-order valence-corrected chi connectivity index (χ3v) is 6.36. The Morgan fingerprint density at radius 1 is 1.16 bits per heavy atom. The van der Waals surface area contributed by atoms with Gasteiger partial charge in [0.2, 0.25) is 5.88 Å². The molecule has 0 amide bonds. The van der Waals surface area contributed by atoms with Crippen molar-refractivity contribution in [1.29, 1.82) is 0 Å². The van der Waals surface area contributed by atoms with Crippen LogP contribution in [0, 0.1) is 12.8 Å². The number of hydrogen-bond acceptors (Lipinski definition) is 5. The van der Waals surface area contributed by atoms with Crippen LogP contribution in [0.15, 0.2) is 28.8 Å². The Kier molecular flexibility index (Phi) is 7.87. The number of aryl methyl sites for hydroxylation is 1. The van der Waals surface area contributed by atoms with Gasteiger partial charge in [-0.2, -0.15) is 5.10 Å². The summed E-state index contributed by atoms with van der Waals surface area (Å²) < 4.78 is 32.5. The molecule has 0 unspecified atom stereocenters. The monoisotopic (exact) mass is 446 g/mol. The molecule has 0 N–H and O–H groups in total. The van der Waals surface area contributed by atoms with E-state index in [1.54, 1.807) is 23.9 Å². The Balaban J connectivity index is 2.69. The number of carbonyl (C=O) groups excluding carboxylic acids is 1. The maximum absolute atomic E-state index is 13.6. The number of aromatic nitrogens is 2. The Hall–Kier alpha value is -2.41. The molecule has 2 rings (SSSR count). The maximum Gasteiger partial charge on any atom is 0.223 e. The summed E-state index contributed by atoms with van der Waals surface area (Å²) in [6.45, 7) is 14.8. The standard InChI is InChI=1S/C24H34N2O4S/c1-9-12-26-24(30-14-15(2)3)20(13-25-26)23(27)19-10-11-21(31(8,28)29)22(18(19)7)17(6)16(4)5/h10-11,13,15H,9,12,14H2,1-8H3. The normalized spacial score (nSPS) is 11.6. The van der Waals surface area contributed by atoms with Crippen molar-refractivity contribution < 1.29 is 17.9 Å². The van der Waals surface area contributed by atoms with E-state index in [1.165, 1.54) is 12.3 Å². The minimum Gasteiger partial charge on any atom is -0.477 e. The number of ether oxygens (including phenoxy) is 1. The number of ketones is 1. The third-order valence-electron chi connectivity index (χ3n) is 5.22. The van der Waals surface area contributed by atoms with Crippen LogP contribution in [-0.2, 0) is 16.4 Å². The molecule has 0 radical (unpaired) electrons. The van der Waals surface area contributed by atoms with Gasteiger partial charge in [0.1, 0.15) is 5.56 Å². The molecule has 7 heteroatoms. The molecule has 2 aromatic rings. The summed E-state index contributed by atoms with van der Waals surface area (Å²) in [5.41, 5.74) is 3.93. The van der Waals surface area contributed by atoms with Crippen molar-refractivity contribution in [3.63, 3.8) is 0 Å². The second-order valence-electron chi connectivity index (χ2n) is 8.63. The first-order valence-electron chi connectivity index (χ1n) is 10.6. The lowest BCUT2D eigenvalue weighted by Gasteiger charge is -2.17. The molecule has 0 atom stereocenters. The van der Waals surface area contributed by atoms with Gasteiger partial charge in [-0.1, -0.05) is 26.3 Å². The van der Waals surface area contributed by atoms with E-state index >= 15 is 0 Å². The first-order valence-corrected chi connectivity index (χ1v) is 12.5. The maximum atomic E-state index is 13.6. The van der Waals surface area contributed by atoms with Crippen LogP contribution >= 0.6 is 0 Å². The number of hydrogen-bond donors (Lipinski definition) is 0. The van der Waals surface area contributed by atoms with E-state index in [0.717, 1.165) is 17.6 Å². The first kappa shape index (κ1) is 24.9. The fraction of sp³-hybridized carbons (Fsp3) is 0.500. The van der Waals surface area contributed by atoms with Gasteiger partial charge in [-0.25, -0.2) is 13.1 Å². The number of carbonyl (C=O) groups is 1. The number of sulfone groups is 1. The molecule has 0 saturated heterocycles. The van der Waals surface area contributed by atoms with Gasteiger partial charge in [-0.15, -0.1) is 0 Å². The lowest BCUT2D eigenvalue weighted by atomic mass is 9.91. The van der Waals surface area contributed by atoms with Crippen molar-refractivity contribution in [3.8, 4) is 5.88 Å². The van der Waals surface area contributed by atoms with Crippen LogP contribution in [0.5, 0.6) is 5.88 Å². The zero-order valence-corrected chi connectivity index (χ0v) is 20.7. The van der Waals surface area contributed by atoms with Gasteiger partial charge in [0.15, 0.2) is 15.6 Å². The number of rotatable bonds is 9. The summed E-state index contributed by atoms with van der Waals surface area (Å²) >= 11 is 0. The lowest BCUT2D eigenvalue weighted by molar-refractivity contribution is 0.103. The number of benzene rings is 1. The molecule has 0 fully saturated rings. The molecule has 1 aromatic heterocycles. The zero-order valence-electron chi connectivity index (χ0n) is 19.9. The molecule has 0 aliphatic rings. The van der Waals surface area contributed by atoms with Gasteiger partial charge < -0.3 is 4.74 Å². The Morgan fingerprint density at radius 3 is 2.32 bits per heavy atom. The van der Waals surface area contributed by atoms with Crippen LogP contribution in [0.1, 0.15) is 75.0 Å². The van der Waals surface area contributed by atoms with Gasteiger partial charge in [-0.3, -0.25) is 4.79 Å². The van der Waals surface area contributed by atoms with Crippen LogP contribution in [0.25, 0.3) is 5.57 Å². The predicted molar refractivity (Wildman–Crippen MR) is 125 cm³/mol. The Labute approximate surface area is 186 Å². The Bertz CT molecular complexity index is 1100. The van der Waals surface area contributed by atoms with E-state index in [0.29, 0.717) is 47.2 Å². The van der Waals surface area contributed by atoms with Crippen LogP contribution in [-0.4, -0.2) is 36.8 Å². The van der Waals surface area contributed by atoms with Crippen LogP contribution in [0.4, 0.5) is 0 Å². The quantitative estimate of drug-likeness (QED) is 0.502. The van der Waals surface area contributed by atoms with Gasteiger partial charge in [0.05, 0.1) is 17.7 Å². The van der Waals surface area contributed by atoms with Gasteiger partial charge >= 0.3 is 0 Å². The fourth-order valence-corrected chi connectivity index (χ4v) is 4.39. The average molecular weight is 447 g/mol. The fourth-order valence-electron chi connectivity index (χ4n) is 3.40. The van der Waals surface area contributed by atoms with E-state index in [9.17, 15) is 13.2 Å². The summed E-state index contributed by atoms with van der Waals surface area (Å²) in [5, 5.41) is 4.37. The SMILES string of the molecule is CCCn1ncc(C(=O)c2ccc(S(C)(=O)=O)c(C(C)=C(C)C)c2C)c1OCC(C)C. The molecule has 6 nitrogen and oxygen atoms in total. The molecule has 0 aliphatic carbocycles. The summed E-state index contributed by atoms with van der Waals surface area (Å²) in [7, 11) is -3.46. The van der Waals surface area contributed by atoms with Crippen molar-refractivity contribution in [2.24, 2.45) is 5.92 Å². The second kappa shape index (κ2) is 9.81. The first-order chi connectivity index (χ1) is 14.4. The minimum atomic E-state index is -3.46.